The standard InChI is InChI=1S/C48H99N7O3/c1-10-13-16-19-22-25-28-31-34-43(52(4)5)46(56)49-37-40-55(41-38-50-47(57)44(53(6)7)35-32-29-26-23-20-17-14-11-2)42-39-51-48(58)45(54(8)9)36-33-30-27-24-21-18-15-12-3/h43-45H,10-42H2,1-9H3,(H,49,56)(H,50,57)(H,51,58). The molecule has 0 bridgehead atoms. The zero-order valence-electron chi connectivity index (χ0n) is 40.1. The molecule has 3 amide bonds. The van der Waals surface area contributed by atoms with Crippen LogP contribution >= 0.6 is 0 Å². The molecule has 10 nitrogen and oxygen atoms in total. The van der Waals surface area contributed by atoms with Crippen LogP contribution in [0.3, 0.4) is 0 Å². The first-order valence-electron chi connectivity index (χ1n) is 24.5. The van der Waals surface area contributed by atoms with E-state index in [0.717, 1.165) is 38.5 Å². The van der Waals surface area contributed by atoms with Gasteiger partial charge < -0.3 is 16.0 Å². The lowest BCUT2D eigenvalue weighted by molar-refractivity contribution is -0.126. The molecule has 0 aromatic rings. The highest BCUT2D eigenvalue weighted by Crippen LogP contribution is 2.15. The number of likely N-dealkylation sites (N-methyl/N-ethyl adjacent to an activating group) is 3. The van der Waals surface area contributed by atoms with Crippen molar-refractivity contribution in [2.75, 3.05) is 81.6 Å². The van der Waals surface area contributed by atoms with Gasteiger partial charge in [0.2, 0.25) is 17.7 Å². The maximum Gasteiger partial charge on any atom is 0.237 e. The van der Waals surface area contributed by atoms with Crippen LogP contribution in [0.25, 0.3) is 0 Å². The average Bonchev–Trinajstić information content (AvgIpc) is 3.18. The van der Waals surface area contributed by atoms with Crippen molar-refractivity contribution in [2.45, 2.75) is 212 Å². The summed E-state index contributed by atoms with van der Waals surface area (Å²) >= 11 is 0. The second kappa shape index (κ2) is 39.4. The number of hydrogen-bond donors (Lipinski definition) is 3. The summed E-state index contributed by atoms with van der Waals surface area (Å²) in [5.41, 5.74) is 0. The molecule has 0 radical (unpaired) electrons. The maximum absolute atomic E-state index is 13.4. The smallest absolute Gasteiger partial charge is 0.237 e. The maximum atomic E-state index is 13.4. The van der Waals surface area contributed by atoms with E-state index in [2.05, 4.69) is 41.6 Å². The number of unbranched alkanes of at least 4 members (excludes halogenated alkanes) is 21. The number of carbonyl (C=O) groups is 3. The summed E-state index contributed by atoms with van der Waals surface area (Å²) in [5.74, 6) is 0.247. The number of hydrogen-bond acceptors (Lipinski definition) is 7. The lowest BCUT2D eigenvalue weighted by Crippen LogP contribution is -2.49. The molecule has 0 heterocycles. The Bertz CT molecular complexity index is 845. The van der Waals surface area contributed by atoms with Crippen molar-refractivity contribution in [3.8, 4) is 0 Å². The summed E-state index contributed by atoms with van der Waals surface area (Å²) in [5, 5.41) is 9.66. The molecule has 58 heavy (non-hydrogen) atoms. The van der Waals surface area contributed by atoms with Gasteiger partial charge in [-0.1, -0.05) is 175 Å². The van der Waals surface area contributed by atoms with E-state index in [4.69, 9.17) is 0 Å². The van der Waals surface area contributed by atoms with Crippen LogP contribution in [0.4, 0.5) is 0 Å². The Balaban J connectivity index is 5.18. The first kappa shape index (κ1) is 56.2. The van der Waals surface area contributed by atoms with Crippen molar-refractivity contribution in [2.24, 2.45) is 0 Å². The van der Waals surface area contributed by atoms with E-state index in [9.17, 15) is 14.4 Å². The van der Waals surface area contributed by atoms with Crippen molar-refractivity contribution in [3.63, 3.8) is 0 Å². The van der Waals surface area contributed by atoms with E-state index in [-0.39, 0.29) is 35.8 Å². The minimum atomic E-state index is -0.139. The number of nitrogens with one attached hydrogen (secondary N) is 3. The third kappa shape index (κ3) is 31.2. The van der Waals surface area contributed by atoms with Crippen molar-refractivity contribution in [3.05, 3.63) is 0 Å². The van der Waals surface area contributed by atoms with Crippen LogP contribution < -0.4 is 16.0 Å². The predicted octanol–water partition coefficient (Wildman–Crippen LogP) is 9.02. The van der Waals surface area contributed by atoms with Crippen LogP contribution in [-0.2, 0) is 14.4 Å². The van der Waals surface area contributed by atoms with E-state index in [1.807, 2.05) is 57.0 Å². The van der Waals surface area contributed by atoms with Crippen LogP contribution in [0.1, 0.15) is 194 Å². The van der Waals surface area contributed by atoms with Crippen LogP contribution in [0.2, 0.25) is 0 Å². The molecule has 0 aliphatic heterocycles. The van der Waals surface area contributed by atoms with Crippen molar-refractivity contribution in [1.82, 2.24) is 35.6 Å². The second-order valence-corrected chi connectivity index (χ2v) is 17.9. The molecule has 0 saturated carbocycles. The predicted molar refractivity (Wildman–Crippen MR) is 250 cm³/mol. The van der Waals surface area contributed by atoms with Gasteiger partial charge >= 0.3 is 0 Å². The molecule has 0 rings (SSSR count). The lowest BCUT2D eigenvalue weighted by atomic mass is 10.0. The van der Waals surface area contributed by atoms with Gasteiger partial charge in [0.15, 0.2) is 0 Å². The third-order valence-corrected chi connectivity index (χ3v) is 12.0. The van der Waals surface area contributed by atoms with Gasteiger partial charge in [-0.05, 0) is 61.5 Å². The van der Waals surface area contributed by atoms with Gasteiger partial charge in [0.05, 0.1) is 18.1 Å². The Morgan fingerprint density at radius 3 is 0.759 bits per heavy atom. The van der Waals surface area contributed by atoms with Gasteiger partial charge in [0.25, 0.3) is 0 Å². The number of carbonyl (C=O) groups excluding carboxylic acids is 3. The monoisotopic (exact) mass is 822 g/mol. The second-order valence-electron chi connectivity index (χ2n) is 17.9. The zero-order chi connectivity index (χ0) is 43.2. The minimum Gasteiger partial charge on any atom is -0.353 e. The summed E-state index contributed by atoms with van der Waals surface area (Å²) in [7, 11) is 12.0. The van der Waals surface area contributed by atoms with Crippen LogP contribution in [0, 0.1) is 0 Å². The highest BCUT2D eigenvalue weighted by atomic mass is 16.2. The van der Waals surface area contributed by atoms with Crippen LogP contribution in [0.5, 0.6) is 0 Å². The van der Waals surface area contributed by atoms with E-state index in [1.54, 1.807) is 0 Å². The lowest BCUT2D eigenvalue weighted by Gasteiger charge is -2.27. The van der Waals surface area contributed by atoms with Crippen molar-refractivity contribution in [1.29, 1.82) is 0 Å². The van der Waals surface area contributed by atoms with E-state index in [1.165, 1.54) is 135 Å². The highest BCUT2D eigenvalue weighted by Gasteiger charge is 2.23. The summed E-state index contributed by atoms with van der Waals surface area (Å²) in [6, 6.07) is -0.416. The Labute approximate surface area is 360 Å². The minimum absolute atomic E-state index is 0.0825. The SMILES string of the molecule is CCCCCCCCCCC(C(=O)NCCN(CCNC(=O)C(CCCCCCCCCC)N(C)C)CCNC(=O)C(CCCCCCCCCC)N(C)C)N(C)C. The average molecular weight is 822 g/mol. The molecule has 10 heteroatoms. The summed E-state index contributed by atoms with van der Waals surface area (Å²) in [6.45, 7) is 10.3. The largest absolute Gasteiger partial charge is 0.353 e. The van der Waals surface area contributed by atoms with Gasteiger partial charge in [-0.15, -0.1) is 0 Å². The number of rotatable bonds is 42. The van der Waals surface area contributed by atoms with Crippen molar-refractivity contribution >= 4 is 17.7 Å². The molecule has 344 valence electrons. The molecule has 0 spiro atoms. The van der Waals surface area contributed by atoms with E-state index < -0.39 is 0 Å². The Kier molecular flexibility index (Phi) is 38.2. The molecule has 0 aliphatic carbocycles. The van der Waals surface area contributed by atoms with Crippen molar-refractivity contribution < 1.29 is 14.4 Å². The summed E-state index contributed by atoms with van der Waals surface area (Å²) in [4.78, 5) is 48.5. The van der Waals surface area contributed by atoms with Gasteiger partial charge in [-0.3, -0.25) is 34.0 Å². The normalized spacial score (nSPS) is 13.4. The fourth-order valence-electron chi connectivity index (χ4n) is 7.99. The highest BCUT2D eigenvalue weighted by molar-refractivity contribution is 5.82. The molecule has 3 unspecified atom stereocenters. The zero-order valence-corrected chi connectivity index (χ0v) is 40.1. The first-order chi connectivity index (χ1) is 28.0. The quantitative estimate of drug-likeness (QED) is 0.0529. The molecule has 0 saturated heterocycles. The molecule has 3 N–H and O–H groups in total. The first-order valence-corrected chi connectivity index (χ1v) is 24.5. The van der Waals surface area contributed by atoms with E-state index in [0.29, 0.717) is 39.3 Å². The fraction of sp³-hybridized carbons (Fsp3) is 0.938. The van der Waals surface area contributed by atoms with Gasteiger partial charge in [0.1, 0.15) is 0 Å². The topological polar surface area (TPSA) is 100 Å². The Hall–Kier alpha value is -1.75. The van der Waals surface area contributed by atoms with Gasteiger partial charge in [-0.2, -0.15) is 0 Å². The molecular formula is C48H99N7O3. The Morgan fingerprint density at radius 1 is 0.345 bits per heavy atom. The molecule has 0 aliphatic rings. The Morgan fingerprint density at radius 2 is 0.552 bits per heavy atom. The van der Waals surface area contributed by atoms with Crippen LogP contribution in [0.15, 0.2) is 0 Å². The van der Waals surface area contributed by atoms with E-state index >= 15 is 0 Å². The summed E-state index contributed by atoms with van der Waals surface area (Å²) in [6.07, 6.45) is 32.7. The van der Waals surface area contributed by atoms with Gasteiger partial charge in [-0.25, -0.2) is 0 Å². The molecule has 3 atom stereocenters. The fourth-order valence-corrected chi connectivity index (χ4v) is 7.99. The molecule has 0 aromatic heterocycles. The third-order valence-electron chi connectivity index (χ3n) is 12.0. The molecule has 0 fully saturated rings. The molecule has 0 aromatic carbocycles. The number of nitrogens with zero attached hydrogens (tertiary/aromatic N) is 4. The van der Waals surface area contributed by atoms with Gasteiger partial charge in [0, 0.05) is 39.3 Å². The summed E-state index contributed by atoms with van der Waals surface area (Å²) < 4.78 is 0. The number of amides is 3. The van der Waals surface area contributed by atoms with Crippen LogP contribution in [-0.4, -0.2) is 137 Å². The molecular weight excluding hydrogens is 723 g/mol.